The molecule has 1 aromatic carbocycles. The maximum atomic E-state index is 11.8. The van der Waals surface area contributed by atoms with Crippen molar-refractivity contribution in [1.82, 2.24) is 0 Å². The summed E-state index contributed by atoms with van der Waals surface area (Å²) in [5.74, 6) is 0.521. The largest absolute Gasteiger partial charge is 0.325 e. The summed E-state index contributed by atoms with van der Waals surface area (Å²) >= 11 is 1.76. The Bertz CT molecular complexity index is 475. The van der Waals surface area contributed by atoms with E-state index in [0.717, 1.165) is 0 Å². The molecule has 0 atom stereocenters. The zero-order valence-electron chi connectivity index (χ0n) is 10.9. The number of carbonyl (C=O) groups is 1. The quantitative estimate of drug-likeness (QED) is 0.913. The molecule has 0 spiro atoms. The minimum Gasteiger partial charge on any atom is -0.325 e. The van der Waals surface area contributed by atoms with Crippen LogP contribution >= 0.6 is 11.8 Å². The Kier molecular flexibility index (Phi) is 5.29. The second-order valence-corrected chi connectivity index (χ2v) is 6.10. The molecule has 3 nitrogen and oxygen atoms in total. The van der Waals surface area contributed by atoms with Crippen LogP contribution in [0.5, 0.6) is 0 Å². The molecule has 0 saturated heterocycles. The number of nitriles is 1. The Morgan fingerprint density at radius 3 is 2.89 bits per heavy atom. The van der Waals surface area contributed by atoms with E-state index in [9.17, 15) is 4.79 Å². The molecule has 0 radical (unpaired) electrons. The van der Waals surface area contributed by atoms with Gasteiger partial charge in [-0.2, -0.15) is 5.26 Å². The molecule has 19 heavy (non-hydrogen) atoms. The molecular weight excluding hydrogens is 256 g/mol. The van der Waals surface area contributed by atoms with E-state index in [4.69, 9.17) is 5.26 Å². The molecular formula is C15H18N2OS. The van der Waals surface area contributed by atoms with E-state index in [1.807, 2.05) is 6.07 Å². The lowest BCUT2D eigenvalue weighted by Gasteiger charge is -2.20. The fourth-order valence-electron chi connectivity index (χ4n) is 2.29. The van der Waals surface area contributed by atoms with Crippen molar-refractivity contribution in [2.45, 2.75) is 37.4 Å². The first kappa shape index (κ1) is 14.0. The smallest absolute Gasteiger partial charge is 0.234 e. The zero-order valence-corrected chi connectivity index (χ0v) is 11.7. The van der Waals surface area contributed by atoms with Crippen molar-refractivity contribution in [3.63, 3.8) is 0 Å². The highest BCUT2D eigenvalue weighted by molar-refractivity contribution is 8.00. The summed E-state index contributed by atoms with van der Waals surface area (Å²) in [7, 11) is 0. The van der Waals surface area contributed by atoms with Crippen molar-refractivity contribution < 1.29 is 4.79 Å². The zero-order chi connectivity index (χ0) is 13.5. The summed E-state index contributed by atoms with van der Waals surface area (Å²) in [4.78, 5) is 11.8. The van der Waals surface area contributed by atoms with E-state index in [1.165, 1.54) is 32.1 Å². The molecule has 0 aromatic heterocycles. The highest BCUT2D eigenvalue weighted by Crippen LogP contribution is 2.28. The minimum atomic E-state index is 0.0191. The van der Waals surface area contributed by atoms with Crippen LogP contribution in [-0.4, -0.2) is 16.9 Å². The van der Waals surface area contributed by atoms with Crippen LogP contribution in [0.25, 0.3) is 0 Å². The van der Waals surface area contributed by atoms with Gasteiger partial charge in [-0.05, 0) is 31.0 Å². The molecule has 1 saturated carbocycles. The van der Waals surface area contributed by atoms with Gasteiger partial charge in [0, 0.05) is 10.9 Å². The van der Waals surface area contributed by atoms with Gasteiger partial charge in [0.05, 0.1) is 17.4 Å². The second kappa shape index (κ2) is 7.20. The number of hydrogen-bond donors (Lipinski definition) is 1. The van der Waals surface area contributed by atoms with Crippen LogP contribution in [0.2, 0.25) is 0 Å². The van der Waals surface area contributed by atoms with Gasteiger partial charge in [0.2, 0.25) is 5.91 Å². The molecule has 1 aliphatic rings. The summed E-state index contributed by atoms with van der Waals surface area (Å²) in [5, 5.41) is 12.3. The van der Waals surface area contributed by atoms with Crippen molar-refractivity contribution in [3.8, 4) is 6.07 Å². The molecule has 1 aromatic rings. The third-order valence-electron chi connectivity index (χ3n) is 3.28. The average Bonchev–Trinajstić information content (AvgIpc) is 2.46. The fourth-order valence-corrected chi connectivity index (χ4v) is 3.41. The minimum absolute atomic E-state index is 0.0191. The normalized spacial score (nSPS) is 15.7. The molecule has 0 aliphatic heterocycles. The van der Waals surface area contributed by atoms with Gasteiger partial charge in [0.15, 0.2) is 0 Å². The van der Waals surface area contributed by atoms with E-state index in [2.05, 4.69) is 11.4 Å². The number of hydrogen-bond acceptors (Lipinski definition) is 3. The maximum Gasteiger partial charge on any atom is 0.234 e. The van der Waals surface area contributed by atoms with Crippen LogP contribution in [0.1, 0.15) is 37.7 Å². The summed E-state index contributed by atoms with van der Waals surface area (Å²) in [6, 6.07) is 9.08. The first-order valence-corrected chi connectivity index (χ1v) is 7.74. The van der Waals surface area contributed by atoms with E-state index < -0.39 is 0 Å². The Hall–Kier alpha value is -1.47. The van der Waals surface area contributed by atoms with Gasteiger partial charge in [-0.15, -0.1) is 11.8 Å². The molecule has 0 heterocycles. The number of anilines is 1. The molecule has 1 amide bonds. The van der Waals surface area contributed by atoms with Gasteiger partial charge in [0.1, 0.15) is 0 Å². The monoisotopic (exact) mass is 274 g/mol. The van der Waals surface area contributed by atoms with E-state index in [-0.39, 0.29) is 5.91 Å². The van der Waals surface area contributed by atoms with Crippen LogP contribution in [0.15, 0.2) is 24.3 Å². The number of benzene rings is 1. The molecule has 1 aliphatic carbocycles. The van der Waals surface area contributed by atoms with E-state index in [1.54, 1.807) is 30.0 Å². The number of rotatable bonds is 4. The molecule has 1 N–H and O–H groups in total. The van der Waals surface area contributed by atoms with Crippen LogP contribution < -0.4 is 5.32 Å². The van der Waals surface area contributed by atoms with E-state index >= 15 is 0 Å². The Balaban J connectivity index is 1.78. The van der Waals surface area contributed by atoms with Crippen LogP contribution in [0.4, 0.5) is 5.69 Å². The maximum absolute atomic E-state index is 11.8. The van der Waals surface area contributed by atoms with Crippen molar-refractivity contribution >= 4 is 23.4 Å². The second-order valence-electron chi connectivity index (χ2n) is 4.81. The van der Waals surface area contributed by atoms with E-state index in [0.29, 0.717) is 22.3 Å². The van der Waals surface area contributed by atoms with Gasteiger partial charge in [-0.25, -0.2) is 0 Å². The lowest BCUT2D eigenvalue weighted by molar-refractivity contribution is -0.113. The van der Waals surface area contributed by atoms with Gasteiger partial charge in [-0.1, -0.05) is 25.3 Å². The number of carbonyl (C=O) groups excluding carboxylic acids is 1. The predicted molar refractivity (Wildman–Crippen MR) is 79.1 cm³/mol. The van der Waals surface area contributed by atoms with Crippen LogP contribution in [0, 0.1) is 11.3 Å². The lowest BCUT2D eigenvalue weighted by Crippen LogP contribution is -2.17. The average molecular weight is 274 g/mol. The van der Waals surface area contributed by atoms with Crippen molar-refractivity contribution in [2.75, 3.05) is 11.1 Å². The highest BCUT2D eigenvalue weighted by Gasteiger charge is 2.15. The van der Waals surface area contributed by atoms with Crippen LogP contribution in [-0.2, 0) is 4.79 Å². The third-order valence-corrected chi connectivity index (χ3v) is 4.65. The lowest BCUT2D eigenvalue weighted by atomic mass is 10.0. The number of thioether (sulfide) groups is 1. The summed E-state index contributed by atoms with van der Waals surface area (Å²) in [6.07, 6.45) is 6.40. The number of nitrogens with zero attached hydrogens (tertiary/aromatic N) is 1. The predicted octanol–water partition coefficient (Wildman–Crippen LogP) is 3.56. The Labute approximate surface area is 118 Å². The first-order valence-electron chi connectivity index (χ1n) is 6.69. The number of nitrogens with one attached hydrogen (secondary N) is 1. The summed E-state index contributed by atoms with van der Waals surface area (Å²) in [6.45, 7) is 0. The molecule has 4 heteroatoms. The standard InChI is InChI=1S/C15H18N2OS/c16-10-12-5-4-6-13(9-12)17-15(18)11-19-14-7-2-1-3-8-14/h4-6,9,14H,1-3,7-8,11H2,(H,17,18). The van der Waals surface area contributed by atoms with Crippen molar-refractivity contribution in [2.24, 2.45) is 0 Å². The highest BCUT2D eigenvalue weighted by atomic mass is 32.2. The molecule has 2 rings (SSSR count). The van der Waals surface area contributed by atoms with Crippen molar-refractivity contribution in [3.05, 3.63) is 29.8 Å². The summed E-state index contributed by atoms with van der Waals surface area (Å²) in [5.41, 5.74) is 1.27. The first-order chi connectivity index (χ1) is 9.28. The fraction of sp³-hybridized carbons (Fsp3) is 0.467. The third kappa shape index (κ3) is 4.60. The molecule has 0 bridgehead atoms. The van der Waals surface area contributed by atoms with Crippen molar-refractivity contribution in [1.29, 1.82) is 5.26 Å². The van der Waals surface area contributed by atoms with Crippen LogP contribution in [0.3, 0.4) is 0 Å². The molecule has 100 valence electrons. The Morgan fingerprint density at radius 1 is 1.37 bits per heavy atom. The van der Waals surface area contributed by atoms with Gasteiger partial charge < -0.3 is 5.32 Å². The number of amides is 1. The summed E-state index contributed by atoms with van der Waals surface area (Å²) < 4.78 is 0. The molecule has 1 fully saturated rings. The van der Waals surface area contributed by atoms with Gasteiger partial charge >= 0.3 is 0 Å². The van der Waals surface area contributed by atoms with Gasteiger partial charge in [-0.3, -0.25) is 4.79 Å². The topological polar surface area (TPSA) is 52.9 Å². The van der Waals surface area contributed by atoms with Gasteiger partial charge in [0.25, 0.3) is 0 Å². The SMILES string of the molecule is N#Cc1cccc(NC(=O)CSC2CCCCC2)c1. The Morgan fingerprint density at radius 2 is 2.16 bits per heavy atom. The molecule has 0 unspecified atom stereocenters.